The number of amides is 1. The van der Waals surface area contributed by atoms with E-state index in [0.717, 1.165) is 24.7 Å². The predicted octanol–water partition coefficient (Wildman–Crippen LogP) is 4.00. The van der Waals surface area contributed by atoms with Crippen LogP contribution in [0.3, 0.4) is 0 Å². The number of nitrogens with one attached hydrogen (secondary N) is 1. The number of carbonyl (C=O) groups excluding carboxylic acids is 1. The van der Waals surface area contributed by atoms with Gasteiger partial charge in [0.1, 0.15) is 5.75 Å². The molecule has 6 nitrogen and oxygen atoms in total. The molecule has 0 fully saturated rings. The number of sulfonamides is 1. The zero-order valence-corrected chi connectivity index (χ0v) is 19.4. The molecule has 3 rings (SSSR count). The predicted molar refractivity (Wildman–Crippen MR) is 124 cm³/mol. The first-order valence-electron chi connectivity index (χ1n) is 10.8. The van der Waals surface area contributed by atoms with Crippen molar-refractivity contribution < 1.29 is 17.9 Å². The summed E-state index contributed by atoms with van der Waals surface area (Å²) in [6.07, 6.45) is 6.54. The molecule has 1 aliphatic carbocycles. The second-order valence-electron chi connectivity index (χ2n) is 8.13. The fourth-order valence-corrected chi connectivity index (χ4v) is 5.07. The van der Waals surface area contributed by atoms with Gasteiger partial charge in [-0.05, 0) is 67.9 Å². The SMILES string of the molecule is COc1ccccc1N(CCCC(=O)N[C@@H](C)c1ccc2c(c1)CCCC2)S(C)(=O)=O. The van der Waals surface area contributed by atoms with E-state index in [2.05, 4.69) is 23.5 Å². The Morgan fingerprint density at radius 2 is 1.84 bits per heavy atom. The van der Waals surface area contributed by atoms with Crippen molar-refractivity contribution in [1.82, 2.24) is 5.32 Å². The molecule has 0 radical (unpaired) electrons. The monoisotopic (exact) mass is 444 g/mol. The van der Waals surface area contributed by atoms with Crippen molar-refractivity contribution >= 4 is 21.6 Å². The molecule has 7 heteroatoms. The van der Waals surface area contributed by atoms with Gasteiger partial charge in [0.15, 0.2) is 0 Å². The Kier molecular flexibility index (Phi) is 7.59. The summed E-state index contributed by atoms with van der Waals surface area (Å²) < 4.78 is 31.3. The van der Waals surface area contributed by atoms with Crippen LogP contribution in [0.1, 0.15) is 55.3 Å². The topological polar surface area (TPSA) is 75.7 Å². The average molecular weight is 445 g/mol. The first-order chi connectivity index (χ1) is 14.8. The second-order valence-corrected chi connectivity index (χ2v) is 10.0. The highest BCUT2D eigenvalue weighted by Crippen LogP contribution is 2.30. The molecule has 2 aromatic carbocycles. The Morgan fingerprint density at radius 3 is 2.55 bits per heavy atom. The number of aryl methyl sites for hydroxylation is 2. The van der Waals surface area contributed by atoms with Crippen LogP contribution in [-0.2, 0) is 27.7 Å². The summed E-state index contributed by atoms with van der Waals surface area (Å²) in [5.41, 5.74) is 4.41. The molecule has 1 aliphatic rings. The Bertz CT molecular complexity index is 1020. The molecular formula is C24H32N2O4S. The highest BCUT2D eigenvalue weighted by atomic mass is 32.2. The molecule has 0 unspecified atom stereocenters. The van der Waals surface area contributed by atoms with Crippen LogP contribution in [0.4, 0.5) is 5.69 Å². The van der Waals surface area contributed by atoms with Crippen LogP contribution in [0.2, 0.25) is 0 Å². The number of hydrogen-bond acceptors (Lipinski definition) is 4. The van der Waals surface area contributed by atoms with Gasteiger partial charge in [-0.1, -0.05) is 30.3 Å². The van der Waals surface area contributed by atoms with Gasteiger partial charge in [0, 0.05) is 13.0 Å². The first kappa shape index (κ1) is 23.1. The number of benzene rings is 2. The number of anilines is 1. The standard InChI is InChI=1S/C24H32N2O4S/c1-18(20-15-14-19-9-4-5-10-21(19)17-20)25-24(27)13-8-16-26(31(3,28)29)22-11-6-7-12-23(22)30-2/h6-7,11-12,14-15,17-18H,4-5,8-10,13,16H2,1-3H3,(H,25,27)/t18-/m0/s1. The molecule has 31 heavy (non-hydrogen) atoms. The normalized spacial score (nSPS) is 14.4. The van der Waals surface area contributed by atoms with Crippen molar-refractivity contribution in [2.45, 2.75) is 51.5 Å². The van der Waals surface area contributed by atoms with Crippen molar-refractivity contribution in [1.29, 1.82) is 0 Å². The maximum absolute atomic E-state index is 12.5. The van der Waals surface area contributed by atoms with Crippen LogP contribution in [0, 0.1) is 0 Å². The Labute approximate surface area is 185 Å². The molecule has 0 saturated carbocycles. The minimum atomic E-state index is -3.50. The summed E-state index contributed by atoms with van der Waals surface area (Å²) in [6, 6.07) is 13.4. The Balaban J connectivity index is 1.58. The lowest BCUT2D eigenvalue weighted by Gasteiger charge is -2.24. The van der Waals surface area contributed by atoms with E-state index in [9.17, 15) is 13.2 Å². The van der Waals surface area contributed by atoms with Crippen LogP contribution >= 0.6 is 0 Å². The van der Waals surface area contributed by atoms with Crippen LogP contribution in [-0.4, -0.2) is 34.2 Å². The van der Waals surface area contributed by atoms with Crippen molar-refractivity contribution in [3.05, 3.63) is 59.2 Å². The summed E-state index contributed by atoms with van der Waals surface area (Å²) in [5, 5.41) is 3.05. The third-order valence-electron chi connectivity index (χ3n) is 5.77. The molecule has 1 amide bonds. The molecule has 0 aromatic heterocycles. The van der Waals surface area contributed by atoms with Crippen molar-refractivity contribution in [3.63, 3.8) is 0 Å². The van der Waals surface area contributed by atoms with Crippen LogP contribution in [0.25, 0.3) is 0 Å². The van der Waals surface area contributed by atoms with E-state index in [-0.39, 0.29) is 24.9 Å². The third-order valence-corrected chi connectivity index (χ3v) is 6.95. The summed E-state index contributed by atoms with van der Waals surface area (Å²) >= 11 is 0. The largest absolute Gasteiger partial charge is 0.495 e. The average Bonchev–Trinajstić information content (AvgIpc) is 2.75. The van der Waals surface area contributed by atoms with Gasteiger partial charge in [-0.15, -0.1) is 0 Å². The fraction of sp³-hybridized carbons (Fsp3) is 0.458. The van der Waals surface area contributed by atoms with E-state index in [0.29, 0.717) is 17.9 Å². The van der Waals surface area contributed by atoms with Crippen LogP contribution in [0.15, 0.2) is 42.5 Å². The molecule has 0 aliphatic heterocycles. The molecule has 0 saturated heterocycles. The molecule has 2 aromatic rings. The summed E-state index contributed by atoms with van der Waals surface area (Å²) in [7, 11) is -1.99. The van der Waals surface area contributed by atoms with Gasteiger partial charge in [-0.25, -0.2) is 8.42 Å². The number of hydrogen-bond donors (Lipinski definition) is 1. The van der Waals surface area contributed by atoms with Crippen LogP contribution < -0.4 is 14.4 Å². The minimum absolute atomic E-state index is 0.0834. The van der Waals surface area contributed by atoms with Gasteiger partial charge in [-0.3, -0.25) is 9.10 Å². The highest BCUT2D eigenvalue weighted by molar-refractivity contribution is 7.92. The molecule has 168 valence electrons. The lowest BCUT2D eigenvalue weighted by Crippen LogP contribution is -2.33. The summed E-state index contributed by atoms with van der Waals surface area (Å²) in [4.78, 5) is 12.5. The van der Waals surface area contributed by atoms with Crippen LogP contribution in [0.5, 0.6) is 5.75 Å². The van der Waals surface area contributed by atoms with E-state index in [1.807, 2.05) is 6.92 Å². The molecule has 1 N–H and O–H groups in total. The maximum atomic E-state index is 12.5. The number of carbonyl (C=O) groups is 1. The van der Waals surface area contributed by atoms with Gasteiger partial charge in [0.25, 0.3) is 0 Å². The van der Waals surface area contributed by atoms with E-state index in [1.165, 1.54) is 35.4 Å². The maximum Gasteiger partial charge on any atom is 0.232 e. The minimum Gasteiger partial charge on any atom is -0.495 e. The summed E-state index contributed by atoms with van der Waals surface area (Å²) in [6.45, 7) is 2.19. The Hall–Kier alpha value is -2.54. The van der Waals surface area contributed by atoms with Gasteiger partial charge in [0.05, 0.1) is 25.1 Å². The zero-order valence-electron chi connectivity index (χ0n) is 18.6. The number of fused-ring (bicyclic) bond motifs is 1. The number of para-hydroxylation sites is 2. The Morgan fingerprint density at radius 1 is 1.13 bits per heavy atom. The summed E-state index contributed by atoms with van der Waals surface area (Å²) in [5.74, 6) is 0.400. The van der Waals surface area contributed by atoms with E-state index in [1.54, 1.807) is 24.3 Å². The number of ether oxygens (including phenoxy) is 1. The van der Waals surface area contributed by atoms with E-state index < -0.39 is 10.0 Å². The van der Waals surface area contributed by atoms with Crippen molar-refractivity contribution in [2.24, 2.45) is 0 Å². The molecular weight excluding hydrogens is 412 g/mol. The molecule has 1 atom stereocenters. The zero-order chi connectivity index (χ0) is 22.4. The van der Waals surface area contributed by atoms with Gasteiger partial charge in [0.2, 0.25) is 15.9 Å². The highest BCUT2D eigenvalue weighted by Gasteiger charge is 2.21. The van der Waals surface area contributed by atoms with Gasteiger partial charge in [-0.2, -0.15) is 0 Å². The quantitative estimate of drug-likeness (QED) is 0.634. The van der Waals surface area contributed by atoms with Crippen molar-refractivity contribution in [3.8, 4) is 5.75 Å². The molecule has 0 bridgehead atoms. The van der Waals surface area contributed by atoms with E-state index in [4.69, 9.17) is 4.74 Å². The lowest BCUT2D eigenvalue weighted by molar-refractivity contribution is -0.121. The first-order valence-corrected chi connectivity index (χ1v) is 12.7. The second kappa shape index (κ2) is 10.2. The van der Waals surface area contributed by atoms with Gasteiger partial charge < -0.3 is 10.1 Å². The smallest absolute Gasteiger partial charge is 0.232 e. The number of methoxy groups -OCH3 is 1. The number of rotatable bonds is 9. The lowest BCUT2D eigenvalue weighted by atomic mass is 9.89. The third kappa shape index (κ3) is 6.00. The van der Waals surface area contributed by atoms with Crippen molar-refractivity contribution in [2.75, 3.05) is 24.2 Å². The fourth-order valence-electron chi connectivity index (χ4n) is 4.10. The molecule has 0 heterocycles. The molecule has 0 spiro atoms. The number of nitrogens with zero attached hydrogens (tertiary/aromatic N) is 1. The van der Waals surface area contributed by atoms with Gasteiger partial charge >= 0.3 is 0 Å². The van der Waals surface area contributed by atoms with E-state index >= 15 is 0 Å².